The second-order valence-electron chi connectivity index (χ2n) is 7.06. The highest BCUT2D eigenvalue weighted by Crippen LogP contribution is 2.41. The first kappa shape index (κ1) is 17.4. The molecule has 1 N–H and O–H groups in total. The maximum Gasteiger partial charge on any atom is 0.230 e. The lowest BCUT2D eigenvalue weighted by molar-refractivity contribution is 0.149. The van der Waals surface area contributed by atoms with E-state index in [-0.39, 0.29) is 17.7 Å². The molecule has 1 aromatic carbocycles. The molecule has 3 heterocycles. The lowest BCUT2D eigenvalue weighted by Gasteiger charge is -2.37. The molecule has 7 heteroatoms. The number of hydrogen-bond acceptors (Lipinski definition) is 5. The summed E-state index contributed by atoms with van der Waals surface area (Å²) >= 11 is 1.47. The molecule has 0 bridgehead atoms. The van der Waals surface area contributed by atoms with Crippen molar-refractivity contribution in [3.8, 4) is 5.88 Å². The minimum Gasteiger partial charge on any atom is -0.492 e. The summed E-state index contributed by atoms with van der Waals surface area (Å²) in [6, 6.07) is 6.48. The highest BCUT2D eigenvalue weighted by Gasteiger charge is 2.31. The Morgan fingerprint density at radius 1 is 1.35 bits per heavy atom. The number of fused-ring (bicyclic) bond motifs is 1. The molecule has 1 saturated heterocycles. The molecular formula is C19H23FN4OS. The van der Waals surface area contributed by atoms with Crippen molar-refractivity contribution < 1.29 is 9.50 Å². The Morgan fingerprint density at radius 3 is 2.77 bits per heavy atom. The van der Waals surface area contributed by atoms with E-state index >= 15 is 0 Å². The zero-order valence-electron chi connectivity index (χ0n) is 15.0. The summed E-state index contributed by atoms with van der Waals surface area (Å²) < 4.78 is 15.0. The summed E-state index contributed by atoms with van der Waals surface area (Å²) in [4.78, 5) is 8.40. The Hall–Kier alpha value is -1.99. The summed E-state index contributed by atoms with van der Waals surface area (Å²) in [5.41, 5.74) is 0.982. The van der Waals surface area contributed by atoms with Crippen LogP contribution >= 0.6 is 11.3 Å². The van der Waals surface area contributed by atoms with Crippen molar-refractivity contribution in [3.05, 3.63) is 46.3 Å². The third kappa shape index (κ3) is 3.10. The van der Waals surface area contributed by atoms with E-state index in [9.17, 15) is 9.50 Å². The molecule has 4 rings (SSSR count). The van der Waals surface area contributed by atoms with Gasteiger partial charge in [0.25, 0.3) is 0 Å². The summed E-state index contributed by atoms with van der Waals surface area (Å²) in [6.45, 7) is 6.16. The van der Waals surface area contributed by atoms with Crippen LogP contribution in [0.3, 0.4) is 0 Å². The molecule has 0 radical (unpaired) electrons. The van der Waals surface area contributed by atoms with E-state index in [1.54, 1.807) is 0 Å². The van der Waals surface area contributed by atoms with Crippen LogP contribution in [0.5, 0.6) is 5.88 Å². The van der Waals surface area contributed by atoms with Crippen LogP contribution in [0.4, 0.5) is 4.39 Å². The molecule has 0 saturated carbocycles. The second-order valence-corrected chi connectivity index (χ2v) is 8.07. The normalized spacial score (nSPS) is 19.9. The smallest absolute Gasteiger partial charge is 0.230 e. The molecule has 3 aromatic rings. The second kappa shape index (κ2) is 6.96. The predicted octanol–water partition coefficient (Wildman–Crippen LogP) is 4.02. The van der Waals surface area contributed by atoms with Gasteiger partial charge in [0.1, 0.15) is 5.82 Å². The predicted molar refractivity (Wildman–Crippen MR) is 100 cm³/mol. The summed E-state index contributed by atoms with van der Waals surface area (Å²) in [6.07, 6.45) is 3.07. The van der Waals surface area contributed by atoms with Crippen molar-refractivity contribution >= 4 is 16.3 Å². The lowest BCUT2D eigenvalue weighted by Crippen LogP contribution is -2.37. The standard InChI is InChI=1S/C19H23FN4OS/c1-3-15-21-19-24(22-15)18(25)17(26-19)16(13-6-8-14(20)9-7-13)23-10-4-5-12(2)11-23/h6-9,12,16,25H,3-5,10-11H2,1-2H3. The molecular weight excluding hydrogens is 351 g/mol. The first-order valence-corrected chi connectivity index (χ1v) is 9.95. The zero-order chi connectivity index (χ0) is 18.3. The van der Waals surface area contributed by atoms with Crippen LogP contribution in [0.1, 0.15) is 49.0 Å². The van der Waals surface area contributed by atoms with E-state index in [2.05, 4.69) is 21.9 Å². The average molecular weight is 374 g/mol. The number of halogens is 1. The van der Waals surface area contributed by atoms with Gasteiger partial charge in [0.15, 0.2) is 5.82 Å². The van der Waals surface area contributed by atoms with Gasteiger partial charge < -0.3 is 5.11 Å². The molecule has 2 unspecified atom stereocenters. The van der Waals surface area contributed by atoms with Gasteiger partial charge in [0.05, 0.1) is 10.9 Å². The molecule has 138 valence electrons. The Labute approximate surface area is 156 Å². The summed E-state index contributed by atoms with van der Waals surface area (Å²) in [5, 5.41) is 15.2. The Balaban J connectivity index is 1.80. The number of aryl methyl sites for hydroxylation is 1. The molecule has 0 spiro atoms. The molecule has 0 aliphatic carbocycles. The molecule has 26 heavy (non-hydrogen) atoms. The number of hydrogen-bond donors (Lipinski definition) is 1. The van der Waals surface area contributed by atoms with Crippen LogP contribution in [0, 0.1) is 11.7 Å². The van der Waals surface area contributed by atoms with E-state index in [4.69, 9.17) is 0 Å². The van der Waals surface area contributed by atoms with Crippen LogP contribution in [-0.4, -0.2) is 37.7 Å². The van der Waals surface area contributed by atoms with Gasteiger partial charge in [-0.3, -0.25) is 4.90 Å². The van der Waals surface area contributed by atoms with Gasteiger partial charge in [-0.05, 0) is 43.0 Å². The van der Waals surface area contributed by atoms with Gasteiger partial charge >= 0.3 is 0 Å². The molecule has 1 fully saturated rings. The van der Waals surface area contributed by atoms with Crippen LogP contribution in [0.2, 0.25) is 0 Å². The minimum absolute atomic E-state index is 0.114. The highest BCUT2D eigenvalue weighted by atomic mass is 32.1. The minimum atomic E-state index is -0.251. The number of aromatic nitrogens is 3. The van der Waals surface area contributed by atoms with Gasteiger partial charge in [-0.15, -0.1) is 5.10 Å². The number of piperidine rings is 1. The number of aromatic hydroxyl groups is 1. The van der Waals surface area contributed by atoms with Crippen molar-refractivity contribution in [1.82, 2.24) is 19.5 Å². The molecule has 2 aromatic heterocycles. The maximum absolute atomic E-state index is 13.5. The Kier molecular flexibility index (Phi) is 4.67. The van der Waals surface area contributed by atoms with Crippen molar-refractivity contribution in [2.45, 2.75) is 39.2 Å². The third-order valence-corrected chi connectivity index (χ3v) is 6.12. The third-order valence-electron chi connectivity index (χ3n) is 5.05. The van der Waals surface area contributed by atoms with E-state index in [1.165, 1.54) is 34.4 Å². The fourth-order valence-corrected chi connectivity index (χ4v) is 4.89. The van der Waals surface area contributed by atoms with Gasteiger partial charge in [-0.25, -0.2) is 9.37 Å². The first-order chi connectivity index (χ1) is 12.6. The van der Waals surface area contributed by atoms with Crippen molar-refractivity contribution in [1.29, 1.82) is 0 Å². The van der Waals surface area contributed by atoms with Gasteiger partial charge in [-0.1, -0.05) is 37.3 Å². The summed E-state index contributed by atoms with van der Waals surface area (Å²) in [5.74, 6) is 1.22. The number of thiazole rings is 1. The van der Waals surface area contributed by atoms with E-state index < -0.39 is 0 Å². The largest absolute Gasteiger partial charge is 0.492 e. The fourth-order valence-electron chi connectivity index (χ4n) is 3.75. The zero-order valence-corrected chi connectivity index (χ0v) is 15.8. The number of nitrogens with zero attached hydrogens (tertiary/aromatic N) is 4. The first-order valence-electron chi connectivity index (χ1n) is 9.13. The van der Waals surface area contributed by atoms with Crippen LogP contribution in [0.25, 0.3) is 4.96 Å². The Bertz CT molecular complexity index is 904. The molecule has 1 aliphatic rings. The molecule has 5 nitrogen and oxygen atoms in total. The van der Waals surface area contributed by atoms with Gasteiger partial charge in [0.2, 0.25) is 10.8 Å². The van der Waals surface area contributed by atoms with E-state index in [0.717, 1.165) is 42.2 Å². The van der Waals surface area contributed by atoms with Crippen LogP contribution in [-0.2, 0) is 6.42 Å². The highest BCUT2D eigenvalue weighted by molar-refractivity contribution is 7.17. The van der Waals surface area contributed by atoms with Gasteiger partial charge in [-0.2, -0.15) is 4.52 Å². The van der Waals surface area contributed by atoms with Crippen LogP contribution < -0.4 is 0 Å². The number of benzene rings is 1. The van der Waals surface area contributed by atoms with Crippen molar-refractivity contribution in [2.75, 3.05) is 13.1 Å². The molecule has 0 amide bonds. The van der Waals surface area contributed by atoms with Crippen molar-refractivity contribution in [2.24, 2.45) is 5.92 Å². The average Bonchev–Trinajstić information content (AvgIpc) is 3.17. The lowest BCUT2D eigenvalue weighted by atomic mass is 9.95. The van der Waals surface area contributed by atoms with Gasteiger partial charge in [0, 0.05) is 13.0 Å². The molecule has 1 aliphatic heterocycles. The monoisotopic (exact) mass is 374 g/mol. The quantitative estimate of drug-likeness (QED) is 0.749. The Morgan fingerprint density at radius 2 is 2.12 bits per heavy atom. The van der Waals surface area contributed by atoms with Crippen LogP contribution in [0.15, 0.2) is 24.3 Å². The topological polar surface area (TPSA) is 53.7 Å². The summed E-state index contributed by atoms with van der Waals surface area (Å²) in [7, 11) is 0. The maximum atomic E-state index is 13.5. The molecule has 2 atom stereocenters. The van der Waals surface area contributed by atoms with Crippen molar-refractivity contribution in [3.63, 3.8) is 0 Å². The van der Waals surface area contributed by atoms with E-state index in [0.29, 0.717) is 10.9 Å². The van der Waals surface area contributed by atoms with E-state index in [1.807, 2.05) is 19.1 Å². The SMILES string of the molecule is CCc1nc2sc(C(c3ccc(F)cc3)N3CCCC(C)C3)c(O)n2n1. The number of rotatable bonds is 4. The fraction of sp³-hybridized carbons (Fsp3) is 0.474. The number of likely N-dealkylation sites (tertiary alicyclic amines) is 1.